The van der Waals surface area contributed by atoms with Gasteiger partial charge < -0.3 is 4.74 Å². The highest BCUT2D eigenvalue weighted by atomic mass is 19.2. The molecule has 0 N–H and O–H groups in total. The Balaban J connectivity index is 3.34. The molecule has 0 aliphatic rings. The van der Waals surface area contributed by atoms with Crippen LogP contribution in [0.3, 0.4) is 0 Å². The van der Waals surface area contributed by atoms with E-state index < -0.39 is 46.7 Å². The van der Waals surface area contributed by atoms with Gasteiger partial charge in [-0.15, -0.1) is 6.42 Å². The van der Waals surface area contributed by atoms with Gasteiger partial charge in [0, 0.05) is 0 Å². The van der Waals surface area contributed by atoms with Gasteiger partial charge >= 0.3 is 5.97 Å². The monoisotopic (exact) mass is 264 g/mol. The Morgan fingerprint density at radius 3 is 1.83 bits per heavy atom. The van der Waals surface area contributed by atoms with Gasteiger partial charge in [-0.2, -0.15) is 0 Å². The molecule has 1 rings (SSSR count). The van der Waals surface area contributed by atoms with Crippen LogP contribution in [0.4, 0.5) is 22.0 Å². The molecule has 2 nitrogen and oxygen atoms in total. The molecule has 1 unspecified atom stereocenters. The summed E-state index contributed by atoms with van der Waals surface area (Å²) < 4.78 is 68.8. The number of benzene rings is 1. The molecule has 0 amide bonds. The normalized spacial score (nSPS) is 11.8. The van der Waals surface area contributed by atoms with Crippen LogP contribution >= 0.6 is 0 Å². The number of carbonyl (C=O) groups is 1. The molecule has 1 atom stereocenters. The van der Waals surface area contributed by atoms with Crippen LogP contribution in [0.2, 0.25) is 0 Å². The Kier molecular flexibility index (Phi) is 3.91. The molecular weight excluding hydrogens is 259 g/mol. The fraction of sp³-hybridized carbons (Fsp3) is 0.182. The molecule has 0 spiro atoms. The number of carbonyl (C=O) groups excluding carboxylic acids is 1. The number of terminal acetylenes is 1. The quantitative estimate of drug-likeness (QED) is 0.270. The van der Waals surface area contributed by atoms with Crippen molar-refractivity contribution in [2.45, 2.75) is 13.0 Å². The summed E-state index contributed by atoms with van der Waals surface area (Å²) in [5, 5.41) is 0. The molecule has 0 saturated heterocycles. The van der Waals surface area contributed by atoms with E-state index >= 15 is 0 Å². The molecule has 18 heavy (non-hydrogen) atoms. The zero-order valence-electron chi connectivity index (χ0n) is 8.86. The van der Waals surface area contributed by atoms with Gasteiger partial charge in [-0.05, 0) is 6.92 Å². The van der Waals surface area contributed by atoms with Crippen LogP contribution < -0.4 is 0 Å². The molecule has 0 bridgehead atoms. The largest absolute Gasteiger partial charge is 0.446 e. The van der Waals surface area contributed by atoms with Gasteiger partial charge in [0.15, 0.2) is 29.4 Å². The molecule has 96 valence electrons. The smallest absolute Gasteiger partial charge is 0.345 e. The minimum atomic E-state index is -2.36. The average Bonchev–Trinajstić information content (AvgIpc) is 2.34. The lowest BCUT2D eigenvalue weighted by Gasteiger charge is -2.10. The first-order valence-electron chi connectivity index (χ1n) is 4.49. The van der Waals surface area contributed by atoms with Gasteiger partial charge in [0.1, 0.15) is 5.56 Å². The van der Waals surface area contributed by atoms with Crippen LogP contribution in [0.15, 0.2) is 0 Å². The Hall–Kier alpha value is -2.10. The van der Waals surface area contributed by atoms with Gasteiger partial charge in [0.2, 0.25) is 5.82 Å². The van der Waals surface area contributed by atoms with Gasteiger partial charge in [-0.1, -0.05) is 5.92 Å². The minimum absolute atomic E-state index is 1.17. The average molecular weight is 264 g/mol. The van der Waals surface area contributed by atoms with Crippen molar-refractivity contribution in [2.75, 3.05) is 0 Å². The van der Waals surface area contributed by atoms with E-state index in [0.29, 0.717) is 0 Å². The highest BCUT2D eigenvalue weighted by Crippen LogP contribution is 2.23. The van der Waals surface area contributed by atoms with Gasteiger partial charge in [0.05, 0.1) is 0 Å². The number of halogens is 5. The summed E-state index contributed by atoms with van der Waals surface area (Å²) in [6, 6.07) is 0. The number of hydrogen-bond donors (Lipinski definition) is 0. The van der Waals surface area contributed by atoms with Crippen molar-refractivity contribution in [1.29, 1.82) is 0 Å². The molecule has 0 aliphatic carbocycles. The molecule has 0 radical (unpaired) electrons. The van der Waals surface area contributed by atoms with E-state index in [4.69, 9.17) is 6.42 Å². The highest BCUT2D eigenvalue weighted by molar-refractivity contribution is 5.90. The highest BCUT2D eigenvalue weighted by Gasteiger charge is 2.31. The maximum Gasteiger partial charge on any atom is 0.345 e. The first-order valence-corrected chi connectivity index (χ1v) is 4.49. The van der Waals surface area contributed by atoms with Crippen molar-refractivity contribution in [3.63, 3.8) is 0 Å². The molecule has 0 fully saturated rings. The third-order valence-electron chi connectivity index (χ3n) is 1.93. The van der Waals surface area contributed by atoms with Gasteiger partial charge in [-0.25, -0.2) is 26.7 Å². The standard InChI is InChI=1S/C11H5F5O2/c1-3-4(2)18-11(17)5-6(12)8(14)10(16)9(15)7(5)13/h1,4H,2H3. The van der Waals surface area contributed by atoms with E-state index in [1.54, 1.807) is 0 Å². The minimum Gasteiger partial charge on any atom is -0.446 e. The van der Waals surface area contributed by atoms with Gasteiger partial charge in [-0.3, -0.25) is 0 Å². The fourth-order valence-electron chi connectivity index (χ4n) is 1.04. The lowest BCUT2D eigenvalue weighted by atomic mass is 10.1. The van der Waals surface area contributed by atoms with E-state index in [2.05, 4.69) is 4.74 Å². The molecule has 1 aromatic rings. The molecule has 1 aromatic carbocycles. The van der Waals surface area contributed by atoms with Crippen LogP contribution in [0.25, 0.3) is 0 Å². The summed E-state index contributed by atoms with van der Waals surface area (Å²) in [4.78, 5) is 11.2. The predicted molar refractivity (Wildman–Crippen MR) is 49.9 cm³/mol. The van der Waals surface area contributed by atoms with Crippen molar-refractivity contribution in [3.8, 4) is 12.3 Å². The number of esters is 1. The number of hydrogen-bond acceptors (Lipinski definition) is 2. The van der Waals surface area contributed by atoms with E-state index in [1.807, 2.05) is 5.92 Å². The van der Waals surface area contributed by atoms with Crippen molar-refractivity contribution in [3.05, 3.63) is 34.6 Å². The maximum absolute atomic E-state index is 13.1. The summed E-state index contributed by atoms with van der Waals surface area (Å²) in [5.74, 6) is -11.2. The first kappa shape index (κ1) is 14.0. The van der Waals surface area contributed by atoms with Crippen LogP contribution in [0.5, 0.6) is 0 Å². The number of rotatable bonds is 2. The SMILES string of the molecule is C#CC(C)OC(=O)c1c(F)c(F)c(F)c(F)c1F. The summed E-state index contributed by atoms with van der Waals surface area (Å²) in [6.45, 7) is 1.18. The van der Waals surface area contributed by atoms with Crippen molar-refractivity contribution in [1.82, 2.24) is 0 Å². The summed E-state index contributed by atoms with van der Waals surface area (Å²) in [7, 11) is 0. The zero-order valence-corrected chi connectivity index (χ0v) is 8.86. The second-order valence-electron chi connectivity index (χ2n) is 3.16. The molecule has 0 heterocycles. The number of ether oxygens (including phenoxy) is 1. The van der Waals surface area contributed by atoms with Crippen molar-refractivity contribution in [2.24, 2.45) is 0 Å². The Bertz CT molecular complexity index is 518. The second-order valence-corrected chi connectivity index (χ2v) is 3.16. The topological polar surface area (TPSA) is 26.3 Å². The van der Waals surface area contributed by atoms with Crippen LogP contribution in [0, 0.1) is 41.4 Å². The molecule has 0 aliphatic heterocycles. The Morgan fingerprint density at radius 1 is 1.06 bits per heavy atom. The first-order chi connectivity index (χ1) is 8.31. The van der Waals surface area contributed by atoms with Crippen LogP contribution in [-0.4, -0.2) is 12.1 Å². The molecule has 0 saturated carbocycles. The summed E-state index contributed by atoms with van der Waals surface area (Å²) in [5.41, 5.74) is -1.67. The van der Waals surface area contributed by atoms with E-state index in [-0.39, 0.29) is 0 Å². The lowest BCUT2D eigenvalue weighted by Crippen LogP contribution is -2.19. The van der Waals surface area contributed by atoms with E-state index in [9.17, 15) is 26.7 Å². The Labute approximate surface area is 98.4 Å². The molecule has 7 heteroatoms. The van der Waals surface area contributed by atoms with Crippen LogP contribution in [0.1, 0.15) is 17.3 Å². The van der Waals surface area contributed by atoms with Crippen molar-refractivity contribution < 1.29 is 31.5 Å². The van der Waals surface area contributed by atoms with E-state index in [1.165, 1.54) is 6.92 Å². The fourth-order valence-corrected chi connectivity index (χ4v) is 1.04. The lowest BCUT2D eigenvalue weighted by molar-refractivity contribution is 0.0424. The summed E-state index contributed by atoms with van der Waals surface area (Å²) in [6.07, 6.45) is 3.66. The van der Waals surface area contributed by atoms with E-state index in [0.717, 1.165) is 0 Å². The Morgan fingerprint density at radius 2 is 1.44 bits per heavy atom. The van der Waals surface area contributed by atoms with Gasteiger partial charge in [0.25, 0.3) is 0 Å². The zero-order chi connectivity index (χ0) is 14.0. The molecular formula is C11H5F5O2. The summed E-state index contributed by atoms with van der Waals surface area (Å²) >= 11 is 0. The van der Waals surface area contributed by atoms with Crippen LogP contribution in [-0.2, 0) is 4.74 Å². The third kappa shape index (κ3) is 2.27. The third-order valence-corrected chi connectivity index (χ3v) is 1.93. The maximum atomic E-state index is 13.1. The predicted octanol–water partition coefficient (Wildman–Crippen LogP) is 2.56. The molecule has 0 aromatic heterocycles. The van der Waals surface area contributed by atoms with Crippen molar-refractivity contribution >= 4 is 5.97 Å². The second kappa shape index (κ2) is 5.04.